The Morgan fingerprint density at radius 2 is 1.67 bits per heavy atom. The molecule has 132 valence electrons. The van der Waals surface area contributed by atoms with Gasteiger partial charge in [0.25, 0.3) is 0 Å². The molecule has 0 saturated heterocycles. The van der Waals surface area contributed by atoms with Crippen molar-refractivity contribution >= 4 is 23.6 Å². The largest absolute Gasteiger partial charge is 0.444 e. The molecule has 0 radical (unpaired) electrons. The Hall–Kier alpha value is -2.57. The zero-order chi connectivity index (χ0) is 18.7. The van der Waals surface area contributed by atoms with Gasteiger partial charge in [0.15, 0.2) is 0 Å². The first kappa shape index (κ1) is 19.5. The predicted octanol–water partition coefficient (Wildman–Crippen LogP) is 2.34. The van der Waals surface area contributed by atoms with Crippen LogP contribution in [0.2, 0.25) is 0 Å². The van der Waals surface area contributed by atoms with Crippen molar-refractivity contribution in [2.45, 2.75) is 52.7 Å². The van der Waals surface area contributed by atoms with Crippen LogP contribution in [0.4, 0.5) is 10.5 Å². The van der Waals surface area contributed by atoms with E-state index in [1.807, 2.05) is 0 Å². The van der Waals surface area contributed by atoms with Gasteiger partial charge in [0.05, 0.1) is 0 Å². The molecule has 24 heavy (non-hydrogen) atoms. The molecule has 0 aliphatic heterocycles. The van der Waals surface area contributed by atoms with Crippen molar-refractivity contribution in [2.24, 2.45) is 5.73 Å². The summed E-state index contributed by atoms with van der Waals surface area (Å²) in [7, 11) is 0. The summed E-state index contributed by atoms with van der Waals surface area (Å²) >= 11 is 0. The first-order chi connectivity index (χ1) is 10.8. The second kappa shape index (κ2) is 6.90. The molecular formula is C17H25N3O4. The molecule has 0 spiro atoms. The fraction of sp³-hybridized carbons (Fsp3) is 0.471. The lowest BCUT2D eigenvalue weighted by atomic mass is 10.0. The second-order valence-electron chi connectivity index (χ2n) is 7.10. The smallest absolute Gasteiger partial charge is 0.408 e. The van der Waals surface area contributed by atoms with Crippen LogP contribution in [0.15, 0.2) is 18.2 Å². The normalized spacial score (nSPS) is 11.6. The Morgan fingerprint density at radius 1 is 1.08 bits per heavy atom. The Bertz CT molecular complexity index is 660. The summed E-state index contributed by atoms with van der Waals surface area (Å²) in [4.78, 5) is 35.5. The first-order valence-corrected chi connectivity index (χ1v) is 7.55. The number of hydrogen-bond donors (Lipinski definition) is 3. The van der Waals surface area contributed by atoms with Gasteiger partial charge in [-0.2, -0.15) is 0 Å². The van der Waals surface area contributed by atoms with E-state index in [0.717, 1.165) is 0 Å². The lowest BCUT2D eigenvalue weighted by Gasteiger charge is -2.27. The molecule has 0 aromatic heterocycles. The van der Waals surface area contributed by atoms with E-state index in [2.05, 4.69) is 10.6 Å². The highest BCUT2D eigenvalue weighted by Gasteiger charge is 2.31. The number of aryl methyl sites for hydroxylation is 1. The van der Waals surface area contributed by atoms with E-state index in [-0.39, 0.29) is 0 Å². The number of amides is 3. The fourth-order valence-corrected chi connectivity index (χ4v) is 1.92. The molecule has 0 atom stereocenters. The number of carbonyl (C=O) groups excluding carboxylic acids is 3. The average molecular weight is 335 g/mol. The summed E-state index contributed by atoms with van der Waals surface area (Å²) in [5, 5.41) is 5.23. The molecule has 7 heteroatoms. The third kappa shape index (κ3) is 5.57. The zero-order valence-corrected chi connectivity index (χ0v) is 14.9. The highest BCUT2D eigenvalue weighted by Crippen LogP contribution is 2.17. The molecule has 4 N–H and O–H groups in total. The molecule has 0 aliphatic carbocycles. The lowest BCUT2D eigenvalue weighted by molar-refractivity contribution is -0.121. The average Bonchev–Trinajstić information content (AvgIpc) is 2.34. The number of nitrogens with two attached hydrogens (primary N) is 1. The number of primary amides is 1. The van der Waals surface area contributed by atoms with Gasteiger partial charge >= 0.3 is 6.09 Å². The third-order valence-electron chi connectivity index (χ3n) is 3.13. The van der Waals surface area contributed by atoms with Gasteiger partial charge in [0, 0.05) is 11.3 Å². The quantitative estimate of drug-likeness (QED) is 0.784. The minimum absolute atomic E-state index is 0.388. The molecule has 1 rings (SSSR count). The predicted molar refractivity (Wildman–Crippen MR) is 91.8 cm³/mol. The van der Waals surface area contributed by atoms with Gasteiger partial charge in [-0.3, -0.25) is 9.59 Å². The van der Waals surface area contributed by atoms with Crippen LogP contribution in [0.3, 0.4) is 0 Å². The molecule has 0 saturated carbocycles. The molecule has 3 amide bonds. The van der Waals surface area contributed by atoms with Crippen LogP contribution >= 0.6 is 0 Å². The molecule has 1 aromatic carbocycles. The van der Waals surface area contributed by atoms with Crippen LogP contribution in [0.25, 0.3) is 0 Å². The molecule has 1 aromatic rings. The van der Waals surface area contributed by atoms with Crippen molar-refractivity contribution in [3.63, 3.8) is 0 Å². The maximum absolute atomic E-state index is 12.4. The van der Waals surface area contributed by atoms with E-state index in [4.69, 9.17) is 10.5 Å². The van der Waals surface area contributed by atoms with Gasteiger partial charge in [0.1, 0.15) is 11.1 Å². The summed E-state index contributed by atoms with van der Waals surface area (Å²) < 4.78 is 5.15. The van der Waals surface area contributed by atoms with E-state index in [9.17, 15) is 14.4 Å². The van der Waals surface area contributed by atoms with Crippen LogP contribution < -0.4 is 16.4 Å². The first-order valence-electron chi connectivity index (χ1n) is 7.55. The van der Waals surface area contributed by atoms with Crippen molar-refractivity contribution in [3.8, 4) is 0 Å². The van der Waals surface area contributed by atoms with Gasteiger partial charge in [-0.05, 0) is 65.3 Å². The highest BCUT2D eigenvalue weighted by atomic mass is 16.6. The Kier molecular flexibility index (Phi) is 5.60. The van der Waals surface area contributed by atoms with Gasteiger partial charge in [-0.25, -0.2) is 4.79 Å². The zero-order valence-electron chi connectivity index (χ0n) is 14.9. The van der Waals surface area contributed by atoms with E-state index in [1.54, 1.807) is 59.7 Å². The van der Waals surface area contributed by atoms with Crippen LogP contribution in [0.5, 0.6) is 0 Å². The Labute approximate surface area is 141 Å². The summed E-state index contributed by atoms with van der Waals surface area (Å²) in [5.74, 6) is -0.947. The number of rotatable bonds is 4. The summed E-state index contributed by atoms with van der Waals surface area (Å²) in [6, 6.07) is 4.76. The van der Waals surface area contributed by atoms with Crippen molar-refractivity contribution in [1.82, 2.24) is 5.32 Å². The van der Waals surface area contributed by atoms with Crippen LogP contribution in [-0.2, 0) is 9.53 Å². The van der Waals surface area contributed by atoms with Gasteiger partial charge in [-0.15, -0.1) is 0 Å². The Balaban J connectivity index is 2.80. The minimum atomic E-state index is -1.18. The number of alkyl carbamates (subject to hydrolysis) is 1. The van der Waals surface area contributed by atoms with Crippen LogP contribution in [-0.4, -0.2) is 29.0 Å². The van der Waals surface area contributed by atoms with Gasteiger partial charge in [-0.1, -0.05) is 0 Å². The molecule has 0 heterocycles. The monoisotopic (exact) mass is 335 g/mol. The molecule has 0 aliphatic rings. The third-order valence-corrected chi connectivity index (χ3v) is 3.13. The molecule has 7 nitrogen and oxygen atoms in total. The van der Waals surface area contributed by atoms with E-state index in [1.165, 1.54) is 0 Å². The van der Waals surface area contributed by atoms with Crippen LogP contribution in [0, 0.1) is 6.92 Å². The Morgan fingerprint density at radius 3 is 2.12 bits per heavy atom. The van der Waals surface area contributed by atoms with Crippen molar-refractivity contribution in [3.05, 3.63) is 29.3 Å². The second-order valence-corrected chi connectivity index (χ2v) is 7.10. The maximum Gasteiger partial charge on any atom is 0.408 e. The molecule has 0 bridgehead atoms. The minimum Gasteiger partial charge on any atom is -0.444 e. The lowest BCUT2D eigenvalue weighted by Crippen LogP contribution is -2.53. The van der Waals surface area contributed by atoms with E-state index >= 15 is 0 Å². The van der Waals surface area contributed by atoms with Crippen molar-refractivity contribution < 1.29 is 19.1 Å². The number of ether oxygens (including phenoxy) is 1. The number of anilines is 1. The topological polar surface area (TPSA) is 111 Å². The number of carbonyl (C=O) groups is 3. The number of nitrogens with one attached hydrogen (secondary N) is 2. The molecule has 0 unspecified atom stereocenters. The molecule has 0 fully saturated rings. The van der Waals surface area contributed by atoms with Gasteiger partial charge < -0.3 is 21.1 Å². The number of hydrogen-bond acceptors (Lipinski definition) is 4. The fourth-order valence-electron chi connectivity index (χ4n) is 1.92. The standard InChI is InChI=1S/C17H25N3O4/c1-10-9-11(7-8-12(10)13(18)21)19-14(22)17(5,6)20-15(23)24-16(2,3)4/h7-9H,1-6H3,(H2,18,21)(H,19,22)(H,20,23). The highest BCUT2D eigenvalue weighted by molar-refractivity contribution is 6.00. The summed E-state index contributed by atoms with van der Waals surface area (Å²) in [6.45, 7) is 10.1. The van der Waals surface area contributed by atoms with E-state index < -0.39 is 29.0 Å². The van der Waals surface area contributed by atoms with E-state index in [0.29, 0.717) is 16.8 Å². The van der Waals surface area contributed by atoms with Crippen LogP contribution in [0.1, 0.15) is 50.5 Å². The van der Waals surface area contributed by atoms with Gasteiger partial charge in [0.2, 0.25) is 11.8 Å². The number of benzene rings is 1. The summed E-state index contributed by atoms with van der Waals surface area (Å²) in [6.07, 6.45) is -0.678. The van der Waals surface area contributed by atoms with Crippen molar-refractivity contribution in [2.75, 3.05) is 5.32 Å². The summed E-state index contributed by atoms with van der Waals surface area (Å²) in [5.41, 5.74) is 4.96. The van der Waals surface area contributed by atoms with Crippen molar-refractivity contribution in [1.29, 1.82) is 0 Å². The maximum atomic E-state index is 12.4. The SMILES string of the molecule is Cc1cc(NC(=O)C(C)(C)NC(=O)OC(C)(C)C)ccc1C(N)=O. The molecular weight excluding hydrogens is 310 g/mol.